The largest absolute Gasteiger partial charge is 0.490 e. The van der Waals surface area contributed by atoms with Crippen LogP contribution in [0.15, 0.2) is 47.4 Å². The van der Waals surface area contributed by atoms with Gasteiger partial charge in [-0.25, -0.2) is 0 Å². The molecule has 2 aromatic rings. The molecule has 0 spiro atoms. The maximum absolute atomic E-state index is 12.2. The van der Waals surface area contributed by atoms with Gasteiger partial charge in [0.05, 0.1) is 19.9 Å². The molecule has 0 saturated carbocycles. The van der Waals surface area contributed by atoms with Crippen LogP contribution in [0.3, 0.4) is 0 Å². The molecular formula is C21H25N3O3. The van der Waals surface area contributed by atoms with E-state index in [1.165, 1.54) is 7.11 Å². The van der Waals surface area contributed by atoms with Gasteiger partial charge in [0, 0.05) is 12.2 Å². The Labute approximate surface area is 158 Å². The minimum atomic E-state index is -0.414. The van der Waals surface area contributed by atoms with Crippen LogP contribution in [0.4, 0.5) is 11.6 Å². The zero-order chi connectivity index (χ0) is 19.4. The van der Waals surface area contributed by atoms with Crippen molar-refractivity contribution in [3.8, 4) is 5.75 Å². The second kappa shape index (κ2) is 8.22. The predicted molar refractivity (Wildman–Crippen MR) is 107 cm³/mol. The molecule has 0 bridgehead atoms. The zero-order valence-electron chi connectivity index (χ0n) is 15.9. The maximum Gasteiger partial charge on any atom is 0.316 e. The third kappa shape index (κ3) is 4.28. The molecular weight excluding hydrogens is 342 g/mol. The number of rotatable bonds is 6. The van der Waals surface area contributed by atoms with Gasteiger partial charge >= 0.3 is 5.56 Å². The van der Waals surface area contributed by atoms with Crippen LogP contribution in [0, 0.1) is 19.8 Å². The average Bonchev–Trinajstić information content (AvgIpc) is 2.66. The first-order valence-corrected chi connectivity index (χ1v) is 8.98. The quantitative estimate of drug-likeness (QED) is 0.820. The van der Waals surface area contributed by atoms with E-state index < -0.39 is 5.56 Å². The average molecular weight is 367 g/mol. The Balaban J connectivity index is 1.98. The van der Waals surface area contributed by atoms with E-state index in [0.717, 1.165) is 28.8 Å². The summed E-state index contributed by atoms with van der Waals surface area (Å²) < 4.78 is 7.08. The Morgan fingerprint density at radius 2 is 2.11 bits per heavy atom. The predicted octanol–water partition coefficient (Wildman–Crippen LogP) is 3.24. The third-order valence-electron chi connectivity index (χ3n) is 4.78. The van der Waals surface area contributed by atoms with Crippen molar-refractivity contribution in [3.63, 3.8) is 0 Å². The number of methoxy groups -OCH3 is 1. The van der Waals surface area contributed by atoms with Crippen LogP contribution in [0.1, 0.15) is 23.1 Å². The number of aliphatic hydroxyl groups excluding tert-OH is 1. The fraction of sp³-hybridized carbons (Fsp3) is 0.333. The van der Waals surface area contributed by atoms with Gasteiger partial charge in [0.15, 0.2) is 0 Å². The minimum Gasteiger partial charge on any atom is -0.490 e. The van der Waals surface area contributed by atoms with E-state index in [9.17, 15) is 9.90 Å². The lowest BCUT2D eigenvalue weighted by atomic mass is 10.0. The highest BCUT2D eigenvalue weighted by Gasteiger charge is 2.14. The fourth-order valence-corrected chi connectivity index (χ4v) is 3.19. The molecule has 0 saturated heterocycles. The number of nitrogens with zero attached hydrogens (tertiary/aromatic N) is 2. The lowest BCUT2D eigenvalue weighted by molar-refractivity contribution is 0.281. The van der Waals surface area contributed by atoms with Gasteiger partial charge in [-0.3, -0.25) is 4.79 Å². The highest BCUT2D eigenvalue weighted by atomic mass is 16.5. The summed E-state index contributed by atoms with van der Waals surface area (Å²) in [5.74, 6) is 0.990. The lowest BCUT2D eigenvalue weighted by Crippen LogP contribution is -2.21. The van der Waals surface area contributed by atoms with E-state index in [4.69, 9.17) is 4.74 Å². The molecule has 0 fully saturated rings. The van der Waals surface area contributed by atoms with Gasteiger partial charge in [-0.15, -0.1) is 0 Å². The number of allylic oxidation sites excluding steroid dienone is 4. The lowest BCUT2D eigenvalue weighted by Gasteiger charge is -2.20. The molecule has 2 N–H and O–H groups in total. The van der Waals surface area contributed by atoms with Gasteiger partial charge in [-0.1, -0.05) is 30.4 Å². The summed E-state index contributed by atoms with van der Waals surface area (Å²) in [6, 6.07) is 3.91. The topological polar surface area (TPSA) is 76.4 Å². The summed E-state index contributed by atoms with van der Waals surface area (Å²) in [5, 5.41) is 12.8. The molecule has 3 rings (SSSR count). The highest BCUT2D eigenvalue weighted by Crippen LogP contribution is 2.25. The first-order chi connectivity index (χ1) is 13.0. The summed E-state index contributed by atoms with van der Waals surface area (Å²) >= 11 is 0. The molecule has 142 valence electrons. The van der Waals surface area contributed by atoms with E-state index in [1.807, 2.05) is 42.7 Å². The van der Waals surface area contributed by atoms with Gasteiger partial charge in [0.2, 0.25) is 11.7 Å². The molecule has 0 amide bonds. The molecule has 1 aliphatic carbocycles. The summed E-state index contributed by atoms with van der Waals surface area (Å²) in [4.78, 5) is 16.4. The number of aryl methyl sites for hydroxylation is 2. The van der Waals surface area contributed by atoms with Crippen LogP contribution in [-0.2, 0) is 13.2 Å². The summed E-state index contributed by atoms with van der Waals surface area (Å²) in [5.41, 5.74) is 3.28. The van der Waals surface area contributed by atoms with Gasteiger partial charge in [-0.2, -0.15) is 4.98 Å². The molecule has 27 heavy (non-hydrogen) atoms. The normalized spacial score (nSPS) is 15.8. The number of aliphatic hydroxyl groups is 1. The van der Waals surface area contributed by atoms with Crippen molar-refractivity contribution < 1.29 is 9.84 Å². The first kappa shape index (κ1) is 18.9. The number of hydrogen-bond acceptors (Lipinski definition) is 5. The molecule has 1 unspecified atom stereocenters. The molecule has 1 aliphatic rings. The van der Waals surface area contributed by atoms with E-state index in [-0.39, 0.29) is 12.4 Å². The van der Waals surface area contributed by atoms with Crippen molar-refractivity contribution in [1.82, 2.24) is 9.55 Å². The van der Waals surface area contributed by atoms with Crippen molar-refractivity contribution in [3.05, 3.63) is 69.7 Å². The second-order valence-electron chi connectivity index (χ2n) is 6.78. The van der Waals surface area contributed by atoms with Crippen LogP contribution in [0.25, 0.3) is 0 Å². The monoisotopic (exact) mass is 367 g/mol. The molecule has 1 aromatic carbocycles. The molecule has 1 heterocycles. The van der Waals surface area contributed by atoms with Crippen LogP contribution in [0.2, 0.25) is 0 Å². The second-order valence-corrected chi connectivity index (χ2v) is 6.78. The third-order valence-corrected chi connectivity index (χ3v) is 4.78. The van der Waals surface area contributed by atoms with Gasteiger partial charge in [-0.05, 0) is 48.9 Å². The Bertz CT molecular complexity index is 944. The van der Waals surface area contributed by atoms with Crippen LogP contribution >= 0.6 is 0 Å². The number of anilines is 2. The zero-order valence-corrected chi connectivity index (χ0v) is 15.9. The van der Waals surface area contributed by atoms with E-state index in [1.54, 1.807) is 6.20 Å². The molecule has 6 heteroatoms. The van der Waals surface area contributed by atoms with Crippen molar-refractivity contribution in [2.75, 3.05) is 12.4 Å². The Morgan fingerprint density at radius 3 is 2.78 bits per heavy atom. The number of nitrogens with one attached hydrogen (secondary N) is 1. The van der Waals surface area contributed by atoms with Crippen molar-refractivity contribution in [1.29, 1.82) is 0 Å². The molecule has 1 aromatic heterocycles. The number of ether oxygens (including phenoxy) is 1. The van der Waals surface area contributed by atoms with Gasteiger partial charge < -0.3 is 19.7 Å². The highest BCUT2D eigenvalue weighted by molar-refractivity contribution is 5.61. The fourth-order valence-electron chi connectivity index (χ4n) is 3.19. The van der Waals surface area contributed by atoms with Gasteiger partial charge in [0.1, 0.15) is 0 Å². The standard InChI is InChI=1S/C21H25N3O3/c1-14-9-15(2)18(10-17(14)13-25)22-21-23-20(26)19(27-3)12-24(21)11-16-7-5-4-6-8-16/h4-7,9-10,12,16,25H,8,11,13H2,1-3H3,(H,22,23,26). The number of hydrogen-bond donors (Lipinski definition) is 2. The number of aromatic nitrogens is 2. The van der Waals surface area contributed by atoms with E-state index in [0.29, 0.717) is 18.4 Å². The van der Waals surface area contributed by atoms with Gasteiger partial charge in [0.25, 0.3) is 0 Å². The number of benzene rings is 1. The van der Waals surface area contributed by atoms with Crippen molar-refractivity contribution in [2.24, 2.45) is 5.92 Å². The van der Waals surface area contributed by atoms with E-state index >= 15 is 0 Å². The van der Waals surface area contributed by atoms with E-state index in [2.05, 4.69) is 22.5 Å². The maximum atomic E-state index is 12.2. The Morgan fingerprint density at radius 1 is 1.30 bits per heavy atom. The SMILES string of the molecule is COc1cn(CC2C=CC=CC2)c(Nc2cc(CO)c(C)cc2C)nc1=O. The Hall–Kier alpha value is -2.86. The molecule has 0 radical (unpaired) electrons. The van der Waals surface area contributed by atoms with Crippen molar-refractivity contribution >= 4 is 11.6 Å². The Kier molecular flexibility index (Phi) is 5.76. The summed E-state index contributed by atoms with van der Waals surface area (Å²) in [6.07, 6.45) is 11.0. The first-order valence-electron chi connectivity index (χ1n) is 8.98. The minimum absolute atomic E-state index is 0.0388. The molecule has 1 atom stereocenters. The smallest absolute Gasteiger partial charge is 0.316 e. The van der Waals surface area contributed by atoms with Crippen molar-refractivity contribution in [2.45, 2.75) is 33.4 Å². The molecule has 6 nitrogen and oxygen atoms in total. The van der Waals surface area contributed by atoms with Crippen LogP contribution in [0.5, 0.6) is 5.75 Å². The van der Waals surface area contributed by atoms with Crippen LogP contribution in [-0.4, -0.2) is 21.8 Å². The van der Waals surface area contributed by atoms with Crippen LogP contribution < -0.4 is 15.6 Å². The summed E-state index contributed by atoms with van der Waals surface area (Å²) in [7, 11) is 1.47. The summed E-state index contributed by atoms with van der Waals surface area (Å²) in [6.45, 7) is 4.58. The molecule has 0 aliphatic heterocycles.